The summed E-state index contributed by atoms with van der Waals surface area (Å²) in [6.07, 6.45) is 9.94. The highest BCUT2D eigenvalue weighted by atomic mass is 16.4. The van der Waals surface area contributed by atoms with E-state index in [1.807, 2.05) is 0 Å². The topological polar surface area (TPSA) is 40.5 Å². The minimum absolute atomic E-state index is 0.537. The Balaban J connectivity index is 2.12. The second-order valence-electron chi connectivity index (χ2n) is 6.09. The Kier molecular flexibility index (Phi) is 4.66. The van der Waals surface area contributed by atoms with Gasteiger partial charge in [0.2, 0.25) is 0 Å². The van der Waals surface area contributed by atoms with Gasteiger partial charge in [-0.1, -0.05) is 32.6 Å². The summed E-state index contributed by atoms with van der Waals surface area (Å²) in [6, 6.07) is 0. The molecule has 0 spiro atoms. The molecule has 2 aliphatic rings. The Hall–Kier alpha value is -0.570. The number of carboxylic acid groups (broad SMARTS) is 1. The number of hydrogen-bond donors (Lipinski definition) is 1. The molecule has 0 bridgehead atoms. The molecule has 1 aliphatic heterocycles. The van der Waals surface area contributed by atoms with Crippen LogP contribution in [0, 0.1) is 5.92 Å². The number of carboxylic acids is 1. The zero-order chi connectivity index (χ0) is 13.0. The monoisotopic (exact) mass is 253 g/mol. The fourth-order valence-electron chi connectivity index (χ4n) is 3.79. The third kappa shape index (κ3) is 2.71. The van der Waals surface area contributed by atoms with E-state index in [1.165, 1.54) is 32.1 Å². The number of nitrogens with zero attached hydrogens (tertiary/aromatic N) is 1. The van der Waals surface area contributed by atoms with E-state index in [0.29, 0.717) is 0 Å². The predicted molar refractivity (Wildman–Crippen MR) is 72.7 cm³/mol. The van der Waals surface area contributed by atoms with Crippen LogP contribution in [-0.2, 0) is 4.79 Å². The SMILES string of the molecule is CCC1CCCC(C(=O)O)(N2CCCCC2)CC1. The van der Waals surface area contributed by atoms with E-state index in [-0.39, 0.29) is 0 Å². The molecule has 0 radical (unpaired) electrons. The molecule has 2 unspecified atom stereocenters. The lowest BCUT2D eigenvalue weighted by atomic mass is 9.86. The molecule has 2 rings (SSSR count). The average Bonchev–Trinajstić information content (AvgIpc) is 2.63. The van der Waals surface area contributed by atoms with E-state index in [9.17, 15) is 9.90 Å². The third-order valence-corrected chi connectivity index (χ3v) is 5.11. The van der Waals surface area contributed by atoms with Crippen LogP contribution < -0.4 is 0 Å². The van der Waals surface area contributed by atoms with Gasteiger partial charge in [-0.2, -0.15) is 0 Å². The third-order valence-electron chi connectivity index (χ3n) is 5.11. The molecule has 1 N–H and O–H groups in total. The standard InChI is InChI=1S/C15H27NO2/c1-2-13-7-6-9-15(10-8-13,14(17)18)16-11-4-3-5-12-16/h13H,2-12H2,1H3,(H,17,18). The van der Waals surface area contributed by atoms with Gasteiger partial charge in [-0.25, -0.2) is 0 Å². The highest BCUT2D eigenvalue weighted by molar-refractivity contribution is 5.78. The van der Waals surface area contributed by atoms with Crippen molar-refractivity contribution in [3.05, 3.63) is 0 Å². The molecule has 1 aliphatic carbocycles. The van der Waals surface area contributed by atoms with Gasteiger partial charge in [0.15, 0.2) is 0 Å². The number of aliphatic carboxylic acids is 1. The largest absolute Gasteiger partial charge is 0.480 e. The number of likely N-dealkylation sites (tertiary alicyclic amines) is 1. The summed E-state index contributed by atoms with van der Waals surface area (Å²) in [4.78, 5) is 14.2. The lowest BCUT2D eigenvalue weighted by molar-refractivity contribution is -0.153. The number of rotatable bonds is 3. The first-order valence-electron chi connectivity index (χ1n) is 7.67. The normalized spacial score (nSPS) is 35.1. The van der Waals surface area contributed by atoms with Crippen LogP contribution in [0.1, 0.15) is 64.7 Å². The maximum atomic E-state index is 11.9. The van der Waals surface area contributed by atoms with Crippen LogP contribution in [0.4, 0.5) is 0 Å². The molecule has 1 saturated carbocycles. The Morgan fingerprint density at radius 3 is 2.50 bits per heavy atom. The van der Waals surface area contributed by atoms with Gasteiger partial charge in [-0.3, -0.25) is 9.69 Å². The van der Waals surface area contributed by atoms with E-state index in [0.717, 1.165) is 44.7 Å². The maximum Gasteiger partial charge on any atom is 0.324 e. The lowest BCUT2D eigenvalue weighted by Gasteiger charge is -2.42. The van der Waals surface area contributed by atoms with Crippen molar-refractivity contribution in [2.24, 2.45) is 5.92 Å². The fourth-order valence-corrected chi connectivity index (χ4v) is 3.79. The second-order valence-corrected chi connectivity index (χ2v) is 6.09. The number of hydrogen-bond acceptors (Lipinski definition) is 2. The molecule has 3 nitrogen and oxygen atoms in total. The lowest BCUT2D eigenvalue weighted by Crippen LogP contribution is -2.56. The van der Waals surface area contributed by atoms with Crippen molar-refractivity contribution in [3.8, 4) is 0 Å². The highest BCUT2D eigenvalue weighted by Crippen LogP contribution is 2.37. The zero-order valence-electron chi connectivity index (χ0n) is 11.7. The minimum atomic E-state index is -0.568. The van der Waals surface area contributed by atoms with Gasteiger partial charge < -0.3 is 5.11 Å². The second kappa shape index (κ2) is 6.05. The number of piperidine rings is 1. The summed E-state index contributed by atoms with van der Waals surface area (Å²) in [5.74, 6) is 0.178. The smallest absolute Gasteiger partial charge is 0.324 e. The molecular formula is C15H27NO2. The molecule has 0 aromatic heterocycles. The first-order chi connectivity index (χ1) is 8.69. The zero-order valence-corrected chi connectivity index (χ0v) is 11.7. The Labute approximate surface area is 111 Å². The van der Waals surface area contributed by atoms with Crippen LogP contribution in [0.5, 0.6) is 0 Å². The van der Waals surface area contributed by atoms with Crippen molar-refractivity contribution >= 4 is 5.97 Å². The summed E-state index contributed by atoms with van der Waals surface area (Å²) in [6.45, 7) is 4.21. The number of carbonyl (C=O) groups is 1. The van der Waals surface area contributed by atoms with Crippen molar-refractivity contribution in [1.82, 2.24) is 4.90 Å². The molecule has 1 saturated heterocycles. The van der Waals surface area contributed by atoms with Gasteiger partial charge >= 0.3 is 5.97 Å². The Morgan fingerprint density at radius 1 is 1.17 bits per heavy atom. The van der Waals surface area contributed by atoms with Crippen LogP contribution in [0.2, 0.25) is 0 Å². The quantitative estimate of drug-likeness (QED) is 0.785. The predicted octanol–water partition coefficient (Wildman–Crippen LogP) is 3.29. The van der Waals surface area contributed by atoms with Gasteiger partial charge in [0.1, 0.15) is 5.54 Å². The van der Waals surface area contributed by atoms with Gasteiger partial charge in [0.05, 0.1) is 0 Å². The molecular weight excluding hydrogens is 226 g/mol. The van der Waals surface area contributed by atoms with E-state index in [4.69, 9.17) is 0 Å². The van der Waals surface area contributed by atoms with E-state index >= 15 is 0 Å². The summed E-state index contributed by atoms with van der Waals surface area (Å²) in [5, 5.41) is 9.78. The molecule has 1 heterocycles. The highest BCUT2D eigenvalue weighted by Gasteiger charge is 2.45. The minimum Gasteiger partial charge on any atom is -0.480 e. The van der Waals surface area contributed by atoms with Gasteiger partial charge in [0.25, 0.3) is 0 Å². The van der Waals surface area contributed by atoms with E-state index in [2.05, 4.69) is 11.8 Å². The van der Waals surface area contributed by atoms with E-state index < -0.39 is 11.5 Å². The van der Waals surface area contributed by atoms with Crippen LogP contribution in [0.25, 0.3) is 0 Å². The molecule has 3 heteroatoms. The van der Waals surface area contributed by atoms with Crippen LogP contribution >= 0.6 is 0 Å². The molecule has 0 aromatic rings. The Bertz CT molecular complexity index is 286. The van der Waals surface area contributed by atoms with Gasteiger partial charge in [0, 0.05) is 0 Å². The molecule has 2 fully saturated rings. The fraction of sp³-hybridized carbons (Fsp3) is 0.933. The average molecular weight is 253 g/mol. The summed E-state index contributed by atoms with van der Waals surface area (Å²) < 4.78 is 0. The molecule has 18 heavy (non-hydrogen) atoms. The van der Waals surface area contributed by atoms with Crippen molar-refractivity contribution in [3.63, 3.8) is 0 Å². The van der Waals surface area contributed by atoms with E-state index in [1.54, 1.807) is 0 Å². The molecule has 0 amide bonds. The first-order valence-corrected chi connectivity index (χ1v) is 7.67. The summed E-state index contributed by atoms with van der Waals surface area (Å²) >= 11 is 0. The molecule has 2 atom stereocenters. The van der Waals surface area contributed by atoms with Crippen molar-refractivity contribution < 1.29 is 9.90 Å². The van der Waals surface area contributed by atoms with Crippen molar-refractivity contribution in [2.75, 3.05) is 13.1 Å². The summed E-state index contributed by atoms with van der Waals surface area (Å²) in [5.41, 5.74) is -0.537. The van der Waals surface area contributed by atoms with Crippen molar-refractivity contribution in [2.45, 2.75) is 70.3 Å². The first kappa shape index (κ1) is 13.9. The van der Waals surface area contributed by atoms with Crippen LogP contribution in [-0.4, -0.2) is 34.6 Å². The van der Waals surface area contributed by atoms with Crippen molar-refractivity contribution in [1.29, 1.82) is 0 Å². The van der Waals surface area contributed by atoms with Gasteiger partial charge in [-0.15, -0.1) is 0 Å². The maximum absolute atomic E-state index is 11.9. The molecule has 0 aromatic carbocycles. The van der Waals surface area contributed by atoms with Gasteiger partial charge in [-0.05, 0) is 51.1 Å². The summed E-state index contributed by atoms with van der Waals surface area (Å²) in [7, 11) is 0. The Morgan fingerprint density at radius 2 is 1.89 bits per heavy atom. The van der Waals surface area contributed by atoms with Crippen LogP contribution in [0.15, 0.2) is 0 Å². The van der Waals surface area contributed by atoms with Crippen LogP contribution in [0.3, 0.4) is 0 Å². The molecule has 104 valence electrons.